The monoisotopic (exact) mass is 486 g/mol. The molecule has 0 aliphatic heterocycles. The summed E-state index contributed by atoms with van der Waals surface area (Å²) in [5.41, 5.74) is 4.44. The quantitative estimate of drug-likeness (QED) is 0.510. The molecule has 0 heterocycles. The fourth-order valence-corrected chi connectivity index (χ4v) is 5.71. The highest BCUT2D eigenvalue weighted by Crippen LogP contribution is 2.60. The first kappa shape index (κ1) is 22.3. The van der Waals surface area contributed by atoms with E-state index >= 15 is 0 Å². The van der Waals surface area contributed by atoms with E-state index in [0.717, 1.165) is 47.0 Å². The maximum atomic E-state index is 11.6. The summed E-state index contributed by atoms with van der Waals surface area (Å²) in [7, 11) is 1.75. The number of fused-ring (bicyclic) bond motifs is 2. The highest BCUT2D eigenvalue weighted by Gasteiger charge is 2.60. The number of aryl methyl sites for hydroxylation is 1. The third kappa shape index (κ3) is 4.27. The van der Waals surface area contributed by atoms with Gasteiger partial charge in [-0.05, 0) is 77.6 Å². The summed E-state index contributed by atoms with van der Waals surface area (Å²) in [5.74, 6) is -0.119. The van der Waals surface area contributed by atoms with E-state index < -0.39 is 5.97 Å². The van der Waals surface area contributed by atoms with Crippen LogP contribution in [0.15, 0.2) is 40.9 Å². The average Bonchev–Trinajstić information content (AvgIpc) is 3.43. The normalized spacial score (nSPS) is 23.3. The smallest absolute Gasteiger partial charge is 0.307 e. The van der Waals surface area contributed by atoms with Crippen molar-refractivity contribution in [3.05, 3.63) is 63.1 Å². The minimum atomic E-state index is -0.673. The molecule has 2 aliphatic rings. The van der Waals surface area contributed by atoms with Crippen LogP contribution in [0.25, 0.3) is 0 Å². The Morgan fingerprint density at radius 3 is 2.68 bits per heavy atom. The van der Waals surface area contributed by atoms with Crippen molar-refractivity contribution in [1.29, 1.82) is 0 Å². The molecule has 2 aromatic rings. The Bertz CT molecular complexity index is 993. The van der Waals surface area contributed by atoms with E-state index in [-0.39, 0.29) is 22.9 Å². The molecule has 1 saturated carbocycles. The number of aliphatic carboxylic acids is 1. The lowest BCUT2D eigenvalue weighted by Gasteiger charge is -2.30. The summed E-state index contributed by atoms with van der Waals surface area (Å²) < 4.78 is 13.0. The number of carboxylic acid groups (broad SMARTS) is 1. The number of benzene rings is 2. The molecule has 1 unspecified atom stereocenters. The molecule has 1 spiro atoms. The summed E-state index contributed by atoms with van der Waals surface area (Å²) in [5, 5.41) is 9.54. The molecule has 0 saturated heterocycles. The molecule has 4 rings (SSSR count). The standard InChI is InChI=1S/C26H31BrO4/c1-25(2,3)23(30-4)19-12-16(7-10-22(19)27)15-31-18-9-8-17-6-5-11-26(20(17)13-18)14-21(26)24(28)29/h7-10,12-13,21,23H,5-6,11,14-15H2,1-4H3,(H,28,29)/t21?,23-,26+/m1/s1. The zero-order valence-corrected chi connectivity index (χ0v) is 20.3. The fraction of sp³-hybridized carbons (Fsp3) is 0.500. The molecule has 0 amide bonds. The zero-order valence-electron chi connectivity index (χ0n) is 18.7. The number of halogens is 1. The molecule has 4 nitrogen and oxygen atoms in total. The molecule has 166 valence electrons. The third-order valence-electron chi connectivity index (χ3n) is 6.83. The highest BCUT2D eigenvalue weighted by atomic mass is 79.9. The maximum Gasteiger partial charge on any atom is 0.307 e. The molecule has 1 fully saturated rings. The topological polar surface area (TPSA) is 55.8 Å². The second kappa shape index (κ2) is 8.25. The Kier molecular flexibility index (Phi) is 5.95. The number of hydrogen-bond acceptors (Lipinski definition) is 3. The van der Waals surface area contributed by atoms with E-state index in [2.05, 4.69) is 67.0 Å². The van der Waals surface area contributed by atoms with Gasteiger partial charge >= 0.3 is 5.97 Å². The maximum absolute atomic E-state index is 11.6. The van der Waals surface area contributed by atoms with Crippen molar-refractivity contribution in [3.8, 4) is 5.75 Å². The number of ether oxygens (including phenoxy) is 2. The summed E-state index contributed by atoms with van der Waals surface area (Å²) in [6.45, 7) is 6.96. The van der Waals surface area contributed by atoms with Crippen LogP contribution in [0, 0.1) is 11.3 Å². The van der Waals surface area contributed by atoms with Crippen LogP contribution in [-0.4, -0.2) is 18.2 Å². The number of rotatable bonds is 6. The molecular weight excluding hydrogens is 456 g/mol. The van der Waals surface area contributed by atoms with Crippen LogP contribution in [0.1, 0.15) is 68.4 Å². The number of carboxylic acids is 1. The molecule has 2 aliphatic carbocycles. The lowest BCUT2D eigenvalue weighted by molar-refractivity contribution is -0.139. The van der Waals surface area contributed by atoms with Gasteiger partial charge in [-0.1, -0.05) is 48.8 Å². The van der Waals surface area contributed by atoms with Gasteiger partial charge in [-0.3, -0.25) is 4.79 Å². The minimum absolute atomic E-state index is 0.0332. The summed E-state index contributed by atoms with van der Waals surface area (Å²) in [6.07, 6.45) is 3.76. The van der Waals surface area contributed by atoms with Crippen LogP contribution in [0.4, 0.5) is 0 Å². The van der Waals surface area contributed by atoms with Crippen molar-refractivity contribution in [2.45, 2.75) is 64.6 Å². The molecule has 0 bridgehead atoms. The first-order chi connectivity index (χ1) is 14.7. The van der Waals surface area contributed by atoms with Crippen molar-refractivity contribution in [2.24, 2.45) is 11.3 Å². The molecule has 3 atom stereocenters. The van der Waals surface area contributed by atoms with Gasteiger partial charge in [0.2, 0.25) is 0 Å². The second-order valence-corrected chi connectivity index (χ2v) is 10.9. The zero-order chi connectivity index (χ0) is 22.4. The van der Waals surface area contributed by atoms with Crippen molar-refractivity contribution in [1.82, 2.24) is 0 Å². The van der Waals surface area contributed by atoms with Crippen molar-refractivity contribution >= 4 is 21.9 Å². The van der Waals surface area contributed by atoms with Crippen LogP contribution in [0.5, 0.6) is 5.75 Å². The predicted molar refractivity (Wildman–Crippen MR) is 124 cm³/mol. The Hall–Kier alpha value is -1.85. The lowest BCUT2D eigenvalue weighted by Crippen LogP contribution is -2.21. The first-order valence-electron chi connectivity index (χ1n) is 11.0. The Morgan fingerprint density at radius 1 is 1.26 bits per heavy atom. The van der Waals surface area contributed by atoms with Gasteiger partial charge in [0.05, 0.1) is 12.0 Å². The van der Waals surface area contributed by atoms with Gasteiger partial charge in [-0.25, -0.2) is 0 Å². The highest BCUT2D eigenvalue weighted by molar-refractivity contribution is 9.10. The SMILES string of the molecule is CO[C@H](c1cc(COc2ccc3c(c2)[C@]2(CCC3)CC2C(=O)O)ccc1Br)C(C)(C)C. The predicted octanol–water partition coefficient (Wildman–Crippen LogP) is 6.44. The Balaban J connectivity index is 1.54. The lowest BCUT2D eigenvalue weighted by atomic mass is 9.78. The van der Waals surface area contributed by atoms with Gasteiger partial charge in [0.15, 0.2) is 0 Å². The van der Waals surface area contributed by atoms with Crippen LogP contribution >= 0.6 is 15.9 Å². The van der Waals surface area contributed by atoms with E-state index in [0.29, 0.717) is 6.61 Å². The second-order valence-electron chi connectivity index (χ2n) is 10.0. The summed E-state index contributed by atoms with van der Waals surface area (Å²) in [4.78, 5) is 11.6. The third-order valence-corrected chi connectivity index (χ3v) is 7.55. The molecular formula is C26H31BrO4. The van der Waals surface area contributed by atoms with Gasteiger partial charge in [0.25, 0.3) is 0 Å². The molecule has 31 heavy (non-hydrogen) atoms. The van der Waals surface area contributed by atoms with Gasteiger partial charge < -0.3 is 14.6 Å². The Labute approximate surface area is 193 Å². The van der Waals surface area contributed by atoms with Gasteiger partial charge in [0.1, 0.15) is 12.4 Å². The van der Waals surface area contributed by atoms with E-state index in [9.17, 15) is 9.90 Å². The molecule has 0 radical (unpaired) electrons. The summed E-state index contributed by atoms with van der Waals surface area (Å²) in [6, 6.07) is 12.5. The van der Waals surface area contributed by atoms with Crippen LogP contribution in [0.3, 0.4) is 0 Å². The average molecular weight is 487 g/mol. The molecule has 2 aromatic carbocycles. The largest absolute Gasteiger partial charge is 0.489 e. The van der Waals surface area contributed by atoms with E-state index in [1.54, 1.807) is 7.11 Å². The van der Waals surface area contributed by atoms with Crippen LogP contribution in [-0.2, 0) is 28.0 Å². The van der Waals surface area contributed by atoms with E-state index in [1.807, 2.05) is 6.07 Å². The number of hydrogen-bond donors (Lipinski definition) is 1. The molecule has 1 N–H and O–H groups in total. The van der Waals surface area contributed by atoms with Gasteiger partial charge in [-0.15, -0.1) is 0 Å². The van der Waals surface area contributed by atoms with Crippen molar-refractivity contribution in [3.63, 3.8) is 0 Å². The first-order valence-corrected chi connectivity index (χ1v) is 11.7. The van der Waals surface area contributed by atoms with Crippen molar-refractivity contribution in [2.75, 3.05) is 7.11 Å². The Morgan fingerprint density at radius 2 is 2.03 bits per heavy atom. The van der Waals surface area contributed by atoms with E-state index in [1.165, 1.54) is 11.1 Å². The van der Waals surface area contributed by atoms with Gasteiger partial charge in [0, 0.05) is 17.0 Å². The van der Waals surface area contributed by atoms with Crippen LogP contribution < -0.4 is 4.74 Å². The van der Waals surface area contributed by atoms with E-state index in [4.69, 9.17) is 9.47 Å². The van der Waals surface area contributed by atoms with Crippen molar-refractivity contribution < 1.29 is 19.4 Å². The van der Waals surface area contributed by atoms with Crippen LogP contribution in [0.2, 0.25) is 0 Å². The minimum Gasteiger partial charge on any atom is -0.489 e. The van der Waals surface area contributed by atoms with Gasteiger partial charge in [-0.2, -0.15) is 0 Å². The summed E-state index contributed by atoms with van der Waals surface area (Å²) >= 11 is 3.67. The fourth-order valence-electron chi connectivity index (χ4n) is 5.26. The molecule has 0 aromatic heterocycles. The molecule has 5 heteroatoms. The number of methoxy groups -OCH3 is 1. The number of carbonyl (C=O) groups is 1.